The van der Waals surface area contributed by atoms with Crippen molar-refractivity contribution in [2.75, 3.05) is 20.7 Å². The smallest absolute Gasteiger partial charge is 0.268 e. The predicted octanol–water partition coefficient (Wildman–Crippen LogP) is 3.52. The van der Waals surface area contributed by atoms with Gasteiger partial charge in [0.25, 0.3) is 10.0 Å². The molecule has 2 aromatic carbocycles. The number of benzene rings is 2. The van der Waals surface area contributed by atoms with Crippen LogP contribution in [-0.2, 0) is 16.4 Å². The van der Waals surface area contributed by atoms with Crippen LogP contribution in [0.3, 0.4) is 0 Å². The first-order chi connectivity index (χ1) is 13.0. The summed E-state index contributed by atoms with van der Waals surface area (Å²) in [6.45, 7) is 1.10. The molecule has 0 unspecified atom stereocenters. The molecule has 0 N–H and O–H groups in total. The Morgan fingerprint density at radius 1 is 1.11 bits per heavy atom. The molecule has 0 bridgehead atoms. The highest BCUT2D eigenvalue weighted by Crippen LogP contribution is 2.29. The zero-order chi connectivity index (χ0) is 19.0. The van der Waals surface area contributed by atoms with Gasteiger partial charge in [0, 0.05) is 17.6 Å². The molecule has 27 heavy (non-hydrogen) atoms. The van der Waals surface area contributed by atoms with Gasteiger partial charge in [-0.25, -0.2) is 12.4 Å². The van der Waals surface area contributed by atoms with Crippen LogP contribution in [0.1, 0.15) is 18.4 Å². The number of nitrogens with zero attached hydrogens (tertiary/aromatic N) is 2. The van der Waals surface area contributed by atoms with Gasteiger partial charge in [-0.1, -0.05) is 18.2 Å². The molecule has 4 rings (SSSR count). The fraction of sp³-hybridized carbons (Fsp3) is 0.333. The van der Waals surface area contributed by atoms with Gasteiger partial charge in [0.15, 0.2) is 0 Å². The molecule has 5 nitrogen and oxygen atoms in total. The number of ether oxygens (including phenoxy) is 1. The van der Waals surface area contributed by atoms with Gasteiger partial charge in [-0.2, -0.15) is 0 Å². The monoisotopic (exact) mass is 384 g/mol. The number of likely N-dealkylation sites (tertiary alicyclic amines) is 1. The van der Waals surface area contributed by atoms with Gasteiger partial charge in [-0.3, -0.25) is 0 Å². The van der Waals surface area contributed by atoms with Crippen LogP contribution in [0.5, 0.6) is 5.75 Å². The number of aromatic nitrogens is 1. The van der Waals surface area contributed by atoms with E-state index in [9.17, 15) is 8.42 Å². The van der Waals surface area contributed by atoms with E-state index in [1.165, 1.54) is 10.4 Å². The van der Waals surface area contributed by atoms with Gasteiger partial charge in [0.2, 0.25) is 0 Å². The van der Waals surface area contributed by atoms with Gasteiger partial charge in [-0.05, 0) is 68.8 Å². The van der Waals surface area contributed by atoms with Crippen molar-refractivity contribution in [3.8, 4) is 5.75 Å². The molecule has 0 amide bonds. The number of fused-ring (bicyclic) bond motifs is 1. The van der Waals surface area contributed by atoms with E-state index in [0.717, 1.165) is 35.9 Å². The normalized spacial score (nSPS) is 18.2. The Kier molecular flexibility index (Phi) is 4.70. The molecule has 1 aliphatic heterocycles. The molecule has 1 aliphatic rings. The van der Waals surface area contributed by atoms with Crippen LogP contribution in [0.15, 0.2) is 59.6 Å². The Hall–Kier alpha value is -2.31. The first-order valence-electron chi connectivity index (χ1n) is 9.19. The van der Waals surface area contributed by atoms with Gasteiger partial charge in [-0.15, -0.1) is 0 Å². The number of hydrogen-bond donors (Lipinski definition) is 0. The second-order valence-electron chi connectivity index (χ2n) is 7.13. The van der Waals surface area contributed by atoms with Crippen LogP contribution in [0, 0.1) is 0 Å². The Bertz CT molecular complexity index is 1050. The molecule has 1 fully saturated rings. The standard InChI is InChI=1S/C21H24N2O3S/c1-22-13-5-6-17(22)14-16-15-23(21-8-4-3-7-20(16)21)27(24,25)19-11-9-18(26-2)10-12-19/h3-4,7-12,15,17H,5-6,13-14H2,1-2H3/t17-/m0/s1. The van der Waals surface area contributed by atoms with Crippen molar-refractivity contribution in [1.82, 2.24) is 8.87 Å². The van der Waals surface area contributed by atoms with Crippen LogP contribution in [-0.4, -0.2) is 44.0 Å². The van der Waals surface area contributed by atoms with E-state index in [4.69, 9.17) is 4.74 Å². The predicted molar refractivity (Wildman–Crippen MR) is 107 cm³/mol. The maximum Gasteiger partial charge on any atom is 0.268 e. The van der Waals surface area contributed by atoms with E-state index in [1.807, 2.05) is 24.3 Å². The molecule has 0 saturated carbocycles. The second kappa shape index (κ2) is 7.02. The van der Waals surface area contributed by atoms with E-state index in [-0.39, 0.29) is 4.90 Å². The first-order valence-corrected chi connectivity index (χ1v) is 10.6. The maximum atomic E-state index is 13.3. The van der Waals surface area contributed by atoms with E-state index >= 15 is 0 Å². The molecule has 1 saturated heterocycles. The van der Waals surface area contributed by atoms with Crippen molar-refractivity contribution in [2.45, 2.75) is 30.2 Å². The lowest BCUT2D eigenvalue weighted by Gasteiger charge is -2.18. The molecule has 6 heteroatoms. The van der Waals surface area contributed by atoms with Gasteiger partial charge >= 0.3 is 0 Å². The lowest BCUT2D eigenvalue weighted by Crippen LogP contribution is -2.26. The minimum absolute atomic E-state index is 0.258. The van der Waals surface area contributed by atoms with Crippen LogP contribution >= 0.6 is 0 Å². The van der Waals surface area contributed by atoms with E-state index in [0.29, 0.717) is 11.8 Å². The minimum Gasteiger partial charge on any atom is -0.497 e. The zero-order valence-corrected chi connectivity index (χ0v) is 16.4. The molecule has 1 atom stereocenters. The molecule has 1 aromatic heterocycles. The summed E-state index contributed by atoms with van der Waals surface area (Å²) in [4.78, 5) is 2.62. The van der Waals surface area contributed by atoms with Crippen LogP contribution in [0.2, 0.25) is 0 Å². The summed E-state index contributed by atoms with van der Waals surface area (Å²) in [5.41, 5.74) is 1.81. The summed E-state index contributed by atoms with van der Waals surface area (Å²) in [5.74, 6) is 0.635. The van der Waals surface area contributed by atoms with Crippen molar-refractivity contribution in [1.29, 1.82) is 0 Å². The number of para-hydroxylation sites is 1. The summed E-state index contributed by atoms with van der Waals surface area (Å²) in [6, 6.07) is 14.7. The Morgan fingerprint density at radius 2 is 1.85 bits per heavy atom. The zero-order valence-electron chi connectivity index (χ0n) is 15.6. The summed E-state index contributed by atoms with van der Waals surface area (Å²) >= 11 is 0. The van der Waals surface area contributed by atoms with Crippen LogP contribution in [0.25, 0.3) is 10.9 Å². The molecule has 0 spiro atoms. The number of hydrogen-bond acceptors (Lipinski definition) is 4. The molecule has 2 heterocycles. The molecule has 142 valence electrons. The van der Waals surface area contributed by atoms with E-state index in [1.54, 1.807) is 37.6 Å². The number of likely N-dealkylation sites (N-methyl/N-ethyl adjacent to an activating group) is 1. The summed E-state index contributed by atoms with van der Waals surface area (Å²) in [5, 5.41) is 1.01. The van der Waals surface area contributed by atoms with Gasteiger partial charge < -0.3 is 9.64 Å². The van der Waals surface area contributed by atoms with Crippen LogP contribution < -0.4 is 4.74 Å². The Balaban J connectivity index is 1.79. The third-order valence-corrected chi connectivity index (χ3v) is 7.19. The molecular weight excluding hydrogens is 360 g/mol. The summed E-state index contributed by atoms with van der Waals surface area (Å²) < 4.78 is 33.1. The van der Waals surface area contributed by atoms with Crippen LogP contribution in [0.4, 0.5) is 0 Å². The topological polar surface area (TPSA) is 51.5 Å². The third-order valence-electron chi connectivity index (χ3n) is 5.50. The first kappa shape index (κ1) is 18.1. The molecular formula is C21H24N2O3S. The van der Waals surface area contributed by atoms with Gasteiger partial charge in [0.1, 0.15) is 5.75 Å². The average Bonchev–Trinajstić information content (AvgIpc) is 3.26. The molecule has 0 radical (unpaired) electrons. The third kappa shape index (κ3) is 3.24. The van der Waals surface area contributed by atoms with E-state index < -0.39 is 10.0 Å². The minimum atomic E-state index is -3.67. The Morgan fingerprint density at radius 3 is 2.52 bits per heavy atom. The highest BCUT2D eigenvalue weighted by atomic mass is 32.2. The second-order valence-corrected chi connectivity index (χ2v) is 8.94. The summed E-state index contributed by atoms with van der Waals surface area (Å²) in [7, 11) is 0.0392. The maximum absolute atomic E-state index is 13.3. The average molecular weight is 385 g/mol. The number of rotatable bonds is 5. The summed E-state index contributed by atoms with van der Waals surface area (Å²) in [6.07, 6.45) is 5.02. The Labute approximate surface area is 160 Å². The number of methoxy groups -OCH3 is 1. The SMILES string of the molecule is COc1ccc(S(=O)(=O)n2cc(C[C@@H]3CCCN3C)c3ccccc32)cc1. The highest BCUT2D eigenvalue weighted by Gasteiger charge is 2.25. The molecule has 3 aromatic rings. The van der Waals surface area contributed by atoms with Crippen molar-refractivity contribution >= 4 is 20.9 Å². The van der Waals surface area contributed by atoms with Crippen molar-refractivity contribution < 1.29 is 13.2 Å². The lowest BCUT2D eigenvalue weighted by molar-refractivity contribution is 0.310. The fourth-order valence-corrected chi connectivity index (χ4v) is 5.32. The van der Waals surface area contributed by atoms with Gasteiger partial charge in [0.05, 0.1) is 17.5 Å². The fourth-order valence-electron chi connectivity index (χ4n) is 3.93. The van der Waals surface area contributed by atoms with Crippen molar-refractivity contribution in [2.24, 2.45) is 0 Å². The quantitative estimate of drug-likeness (QED) is 0.675. The largest absolute Gasteiger partial charge is 0.497 e. The van der Waals surface area contributed by atoms with Crippen molar-refractivity contribution in [3.63, 3.8) is 0 Å². The highest BCUT2D eigenvalue weighted by molar-refractivity contribution is 7.90. The van der Waals surface area contributed by atoms with Crippen molar-refractivity contribution in [3.05, 3.63) is 60.3 Å². The molecule has 0 aliphatic carbocycles. The lowest BCUT2D eigenvalue weighted by atomic mass is 10.0. The van der Waals surface area contributed by atoms with E-state index in [2.05, 4.69) is 11.9 Å².